The highest BCUT2D eigenvalue weighted by Crippen LogP contribution is 1.99. The number of hydrogen-bond acceptors (Lipinski definition) is 0. The summed E-state index contributed by atoms with van der Waals surface area (Å²) in [6.07, 6.45) is 26.0. The zero-order valence-electron chi connectivity index (χ0n) is 8.60. The fourth-order valence-electron chi connectivity index (χ4n) is 1.22. The molecule has 0 bridgehead atoms. The van der Waals surface area contributed by atoms with Gasteiger partial charge in [-0.3, -0.25) is 0 Å². The molecule has 0 N–H and O–H groups in total. The van der Waals surface area contributed by atoms with Crippen LogP contribution in [0.5, 0.6) is 0 Å². The van der Waals surface area contributed by atoms with Gasteiger partial charge in [0.1, 0.15) is 0 Å². The average Bonchev–Trinajstić information content (AvgIpc) is 2.22. The topological polar surface area (TPSA) is 0 Å². The van der Waals surface area contributed by atoms with Gasteiger partial charge in [0.05, 0.1) is 0 Å². The Labute approximate surface area is 87.0 Å². The fraction of sp³-hybridized carbons (Fsp3) is 0.286. The maximum Gasteiger partial charge on any atom is -0.0163 e. The molecule has 0 nitrogen and oxygen atoms in total. The van der Waals surface area contributed by atoms with Crippen LogP contribution < -0.4 is 0 Å². The molecular weight excluding hydrogens is 168 g/mol. The van der Waals surface area contributed by atoms with Crippen LogP contribution in [0, 0.1) is 0 Å². The van der Waals surface area contributed by atoms with E-state index in [0.29, 0.717) is 0 Å². The molecule has 0 aromatic rings. The first-order valence-corrected chi connectivity index (χ1v) is 5.30. The molecule has 0 saturated heterocycles. The van der Waals surface area contributed by atoms with Crippen LogP contribution >= 0.6 is 0 Å². The highest BCUT2D eigenvalue weighted by Gasteiger charge is 1.79. The molecule has 0 spiro atoms. The third-order valence-electron chi connectivity index (χ3n) is 2.00. The van der Waals surface area contributed by atoms with E-state index in [0.717, 1.165) is 6.42 Å². The quantitative estimate of drug-likeness (QED) is 0.528. The molecule has 1 aliphatic carbocycles. The van der Waals surface area contributed by atoms with Gasteiger partial charge in [0.25, 0.3) is 0 Å². The maximum atomic E-state index is 2.23. The Morgan fingerprint density at radius 1 is 0.500 bits per heavy atom. The van der Waals surface area contributed by atoms with Crippen LogP contribution in [-0.2, 0) is 0 Å². The summed E-state index contributed by atoms with van der Waals surface area (Å²) in [5.74, 6) is 0. The van der Waals surface area contributed by atoms with Crippen molar-refractivity contribution < 1.29 is 0 Å². The molecule has 0 aromatic carbocycles. The summed E-state index contributed by atoms with van der Waals surface area (Å²) in [6, 6.07) is 0. The van der Waals surface area contributed by atoms with Gasteiger partial charge in [0.15, 0.2) is 0 Å². The fourth-order valence-corrected chi connectivity index (χ4v) is 1.22. The van der Waals surface area contributed by atoms with E-state index in [-0.39, 0.29) is 0 Å². The van der Waals surface area contributed by atoms with Gasteiger partial charge in [-0.25, -0.2) is 0 Å². The van der Waals surface area contributed by atoms with E-state index in [9.17, 15) is 0 Å². The third kappa shape index (κ3) is 6.24. The molecule has 0 amide bonds. The summed E-state index contributed by atoms with van der Waals surface area (Å²) in [5.41, 5.74) is 0. The first kappa shape index (κ1) is 10.8. The van der Waals surface area contributed by atoms with Crippen molar-refractivity contribution in [1.29, 1.82) is 0 Å². The molecule has 0 saturated carbocycles. The standard InChI is InChI=1S/C14H18/c1-2-4-6-8-10-12-14-13-11-9-7-5-3-1/h1-6,9,11,13-14H,7-8,10,12H2/b2-1+,5-3-,6-4-,11-9-,14-13+. The summed E-state index contributed by atoms with van der Waals surface area (Å²) in [7, 11) is 0. The van der Waals surface area contributed by atoms with Gasteiger partial charge >= 0.3 is 0 Å². The molecule has 0 fully saturated rings. The Balaban J connectivity index is 2.45. The molecule has 0 heteroatoms. The Hall–Kier alpha value is -1.30. The molecule has 0 unspecified atom stereocenters. The van der Waals surface area contributed by atoms with Crippen molar-refractivity contribution in [3.63, 3.8) is 0 Å². The van der Waals surface area contributed by atoms with E-state index in [1.54, 1.807) is 0 Å². The van der Waals surface area contributed by atoms with Gasteiger partial charge in [-0.15, -0.1) is 0 Å². The van der Waals surface area contributed by atoms with Gasteiger partial charge in [-0.05, 0) is 25.7 Å². The van der Waals surface area contributed by atoms with E-state index < -0.39 is 0 Å². The van der Waals surface area contributed by atoms with E-state index >= 15 is 0 Å². The number of allylic oxidation sites excluding steroid dienone is 10. The Bertz CT molecular complexity index is 262. The van der Waals surface area contributed by atoms with Crippen LogP contribution in [-0.4, -0.2) is 0 Å². The predicted octanol–water partition coefficient (Wildman–Crippen LogP) is 4.34. The van der Waals surface area contributed by atoms with E-state index in [2.05, 4.69) is 60.8 Å². The molecule has 0 radical (unpaired) electrons. The lowest BCUT2D eigenvalue weighted by atomic mass is 10.2. The van der Waals surface area contributed by atoms with Crippen LogP contribution in [0.25, 0.3) is 0 Å². The minimum atomic E-state index is 1.01. The SMILES string of the molecule is C1=C\C/C=C\C=C\CCC\C=C/C=C/1. The lowest BCUT2D eigenvalue weighted by Gasteiger charge is -1.89. The minimum Gasteiger partial charge on any atom is -0.0845 e. The second-order valence-electron chi connectivity index (χ2n) is 3.26. The smallest absolute Gasteiger partial charge is 0.0163 e. The highest BCUT2D eigenvalue weighted by molar-refractivity contribution is 5.13. The van der Waals surface area contributed by atoms with Gasteiger partial charge < -0.3 is 0 Å². The number of hydrogen-bond donors (Lipinski definition) is 0. The molecule has 0 aliphatic heterocycles. The first-order chi connectivity index (χ1) is 7.00. The van der Waals surface area contributed by atoms with Crippen LogP contribution in [0.15, 0.2) is 60.8 Å². The molecule has 14 heavy (non-hydrogen) atoms. The van der Waals surface area contributed by atoms with E-state index in [1.807, 2.05) is 0 Å². The summed E-state index contributed by atoms with van der Waals surface area (Å²) < 4.78 is 0. The van der Waals surface area contributed by atoms with Crippen molar-refractivity contribution in [3.8, 4) is 0 Å². The largest absolute Gasteiger partial charge is 0.0845 e. The Morgan fingerprint density at radius 2 is 1.00 bits per heavy atom. The second-order valence-corrected chi connectivity index (χ2v) is 3.26. The molecule has 1 aliphatic rings. The maximum absolute atomic E-state index is 2.23. The molecule has 74 valence electrons. The molecule has 0 atom stereocenters. The van der Waals surface area contributed by atoms with Crippen LogP contribution in [0.4, 0.5) is 0 Å². The van der Waals surface area contributed by atoms with Crippen molar-refractivity contribution in [2.24, 2.45) is 0 Å². The van der Waals surface area contributed by atoms with Crippen molar-refractivity contribution in [3.05, 3.63) is 60.8 Å². The summed E-state index contributed by atoms with van der Waals surface area (Å²) in [6.45, 7) is 0. The van der Waals surface area contributed by atoms with Gasteiger partial charge in [0, 0.05) is 0 Å². The van der Waals surface area contributed by atoms with Gasteiger partial charge in [0.2, 0.25) is 0 Å². The zero-order valence-corrected chi connectivity index (χ0v) is 8.60. The predicted molar refractivity (Wildman–Crippen MR) is 64.2 cm³/mol. The normalized spacial score (nSPS) is 29.7. The third-order valence-corrected chi connectivity index (χ3v) is 2.00. The summed E-state index contributed by atoms with van der Waals surface area (Å²) >= 11 is 0. The van der Waals surface area contributed by atoms with Crippen LogP contribution in [0.3, 0.4) is 0 Å². The summed E-state index contributed by atoms with van der Waals surface area (Å²) in [4.78, 5) is 0. The van der Waals surface area contributed by atoms with Crippen molar-refractivity contribution in [2.75, 3.05) is 0 Å². The lowest BCUT2D eigenvalue weighted by molar-refractivity contribution is 0.868. The van der Waals surface area contributed by atoms with Crippen LogP contribution in [0.1, 0.15) is 25.7 Å². The lowest BCUT2D eigenvalue weighted by Crippen LogP contribution is -1.68. The molecule has 1 rings (SSSR count). The monoisotopic (exact) mass is 186 g/mol. The number of rotatable bonds is 0. The van der Waals surface area contributed by atoms with E-state index in [4.69, 9.17) is 0 Å². The molecule has 0 heterocycles. The zero-order chi connectivity index (χ0) is 9.90. The molecule has 0 aromatic heterocycles. The van der Waals surface area contributed by atoms with Crippen molar-refractivity contribution in [2.45, 2.75) is 25.7 Å². The molecular formula is C14H18. The van der Waals surface area contributed by atoms with Crippen LogP contribution in [0.2, 0.25) is 0 Å². The Kier molecular flexibility index (Phi) is 6.39. The first-order valence-electron chi connectivity index (χ1n) is 5.30. The minimum absolute atomic E-state index is 1.01. The van der Waals surface area contributed by atoms with E-state index in [1.165, 1.54) is 19.3 Å². The van der Waals surface area contributed by atoms with Crippen molar-refractivity contribution in [1.82, 2.24) is 0 Å². The Morgan fingerprint density at radius 3 is 1.71 bits per heavy atom. The summed E-state index contributed by atoms with van der Waals surface area (Å²) in [5, 5.41) is 0. The second kappa shape index (κ2) is 8.31. The average molecular weight is 186 g/mol. The van der Waals surface area contributed by atoms with Crippen molar-refractivity contribution >= 4 is 0 Å². The van der Waals surface area contributed by atoms with Gasteiger partial charge in [-0.2, -0.15) is 0 Å². The highest BCUT2D eigenvalue weighted by atomic mass is 13.9. The van der Waals surface area contributed by atoms with Gasteiger partial charge in [-0.1, -0.05) is 60.8 Å².